The van der Waals surface area contributed by atoms with Gasteiger partial charge in [-0.15, -0.1) is 0 Å². The molecule has 0 heterocycles. The number of hydrogen-bond acceptors (Lipinski definition) is 6. The quantitative estimate of drug-likeness (QED) is 0.336. The first-order valence-electron chi connectivity index (χ1n) is 12.9. The number of hydrogen-bond donors (Lipinski definition) is 1. The van der Waals surface area contributed by atoms with Crippen molar-refractivity contribution in [1.82, 2.24) is 10.2 Å². The van der Waals surface area contributed by atoms with Gasteiger partial charge in [0.2, 0.25) is 11.8 Å². The van der Waals surface area contributed by atoms with Gasteiger partial charge < -0.3 is 19.7 Å². The average Bonchev–Trinajstić information content (AvgIpc) is 2.94. The minimum absolute atomic E-state index is 0.0143. The first-order chi connectivity index (χ1) is 19.3. The molecule has 0 aliphatic rings. The largest absolute Gasteiger partial charge is 0.497 e. The summed E-state index contributed by atoms with van der Waals surface area (Å²) in [4.78, 5) is 28.6. The standard InChI is InChI=1S/C30H36ClN3O6S/c1-21(29(36)32-30(2,3)4)33(19-22-11-7-8-12-25(22)31)28(35)20-34(26-13-9-10-14-27(26)40-6)41(37,38)24-17-15-23(39-5)16-18-24/h7-18,21H,19-20H2,1-6H3,(H,32,36)/t21-/m0/s1. The third-order valence-electron chi connectivity index (χ3n) is 6.24. The van der Waals surface area contributed by atoms with Crippen LogP contribution in [0.5, 0.6) is 11.5 Å². The number of nitrogens with zero attached hydrogens (tertiary/aromatic N) is 2. The lowest BCUT2D eigenvalue weighted by atomic mass is 10.1. The summed E-state index contributed by atoms with van der Waals surface area (Å²) in [6.45, 7) is 6.49. The molecular weight excluding hydrogens is 566 g/mol. The average molecular weight is 602 g/mol. The van der Waals surface area contributed by atoms with Crippen LogP contribution >= 0.6 is 11.6 Å². The first-order valence-corrected chi connectivity index (χ1v) is 14.7. The van der Waals surface area contributed by atoms with Crippen LogP contribution in [0.15, 0.2) is 77.7 Å². The lowest BCUT2D eigenvalue weighted by Gasteiger charge is -2.34. The van der Waals surface area contributed by atoms with Crippen molar-refractivity contribution in [2.45, 2.75) is 50.7 Å². The molecule has 0 aromatic heterocycles. The van der Waals surface area contributed by atoms with Gasteiger partial charge in [-0.25, -0.2) is 8.42 Å². The van der Waals surface area contributed by atoms with Gasteiger partial charge in [-0.05, 0) is 75.7 Å². The van der Waals surface area contributed by atoms with Crippen molar-refractivity contribution in [3.05, 3.63) is 83.4 Å². The van der Waals surface area contributed by atoms with Crippen LogP contribution in [0.2, 0.25) is 5.02 Å². The molecule has 0 fully saturated rings. The number of anilines is 1. The van der Waals surface area contributed by atoms with E-state index < -0.39 is 34.1 Å². The van der Waals surface area contributed by atoms with Crippen molar-refractivity contribution in [1.29, 1.82) is 0 Å². The topological polar surface area (TPSA) is 105 Å². The SMILES string of the molecule is COc1ccc(S(=O)(=O)N(CC(=O)N(Cc2ccccc2Cl)[C@@H](C)C(=O)NC(C)(C)C)c2ccccc2OC)cc1. The molecule has 0 radical (unpaired) electrons. The molecule has 220 valence electrons. The van der Waals surface area contributed by atoms with Gasteiger partial charge in [0.25, 0.3) is 10.0 Å². The lowest BCUT2D eigenvalue weighted by molar-refractivity contribution is -0.140. The minimum Gasteiger partial charge on any atom is -0.497 e. The Morgan fingerprint density at radius 2 is 1.54 bits per heavy atom. The van der Waals surface area contributed by atoms with E-state index in [1.54, 1.807) is 55.5 Å². The Kier molecular flexibility index (Phi) is 10.3. The van der Waals surface area contributed by atoms with Crippen molar-refractivity contribution in [3.8, 4) is 11.5 Å². The Bertz CT molecular complexity index is 1470. The molecule has 0 aliphatic carbocycles. The molecule has 2 amide bonds. The van der Waals surface area contributed by atoms with Crippen molar-refractivity contribution in [2.24, 2.45) is 0 Å². The number of amides is 2. The van der Waals surface area contributed by atoms with Crippen LogP contribution < -0.4 is 19.1 Å². The number of sulfonamides is 1. The van der Waals surface area contributed by atoms with E-state index in [4.69, 9.17) is 21.1 Å². The minimum atomic E-state index is -4.27. The summed E-state index contributed by atoms with van der Waals surface area (Å²) in [7, 11) is -1.37. The maximum atomic E-state index is 14.1. The third-order valence-corrected chi connectivity index (χ3v) is 8.39. The van der Waals surface area contributed by atoms with Gasteiger partial charge in [0, 0.05) is 17.1 Å². The number of methoxy groups -OCH3 is 2. The van der Waals surface area contributed by atoms with E-state index in [9.17, 15) is 18.0 Å². The predicted molar refractivity (Wildman–Crippen MR) is 160 cm³/mol. The van der Waals surface area contributed by atoms with Crippen molar-refractivity contribution in [3.63, 3.8) is 0 Å². The zero-order valence-corrected chi connectivity index (χ0v) is 25.6. The number of nitrogens with one attached hydrogen (secondary N) is 1. The Morgan fingerprint density at radius 3 is 2.12 bits per heavy atom. The highest BCUT2D eigenvalue weighted by Gasteiger charge is 2.34. The van der Waals surface area contributed by atoms with Gasteiger partial charge >= 0.3 is 0 Å². The summed E-state index contributed by atoms with van der Waals surface area (Å²) in [5, 5.41) is 3.31. The van der Waals surface area contributed by atoms with Crippen LogP contribution in [0, 0.1) is 0 Å². The number of benzene rings is 3. The van der Waals surface area contributed by atoms with E-state index in [2.05, 4.69) is 5.32 Å². The maximum Gasteiger partial charge on any atom is 0.264 e. The van der Waals surface area contributed by atoms with E-state index in [0.717, 1.165) is 4.31 Å². The number of halogens is 1. The number of rotatable bonds is 11. The summed E-state index contributed by atoms with van der Waals surface area (Å²) in [5.74, 6) is -0.258. The van der Waals surface area contributed by atoms with Crippen LogP contribution in [-0.4, -0.2) is 57.5 Å². The molecule has 3 rings (SSSR count). The maximum absolute atomic E-state index is 14.1. The lowest BCUT2D eigenvalue weighted by Crippen LogP contribution is -2.54. The fourth-order valence-electron chi connectivity index (χ4n) is 4.09. The van der Waals surface area contributed by atoms with Gasteiger partial charge in [-0.1, -0.05) is 41.9 Å². The van der Waals surface area contributed by atoms with Crippen LogP contribution in [-0.2, 0) is 26.2 Å². The third kappa shape index (κ3) is 7.92. The predicted octanol–water partition coefficient (Wildman–Crippen LogP) is 4.88. The highest BCUT2D eigenvalue weighted by Crippen LogP contribution is 2.33. The second-order valence-electron chi connectivity index (χ2n) is 10.4. The molecule has 0 saturated carbocycles. The van der Waals surface area contributed by atoms with Gasteiger partial charge in [0.1, 0.15) is 24.1 Å². The van der Waals surface area contributed by atoms with E-state index >= 15 is 0 Å². The molecule has 41 heavy (non-hydrogen) atoms. The highest BCUT2D eigenvalue weighted by molar-refractivity contribution is 7.92. The Hall–Kier alpha value is -3.76. The molecule has 3 aromatic rings. The van der Waals surface area contributed by atoms with E-state index in [1.807, 2.05) is 20.8 Å². The first kappa shape index (κ1) is 31.8. The molecule has 3 aromatic carbocycles. The summed E-state index contributed by atoms with van der Waals surface area (Å²) < 4.78 is 39.7. The fraction of sp³-hybridized carbons (Fsp3) is 0.333. The molecule has 1 atom stereocenters. The Morgan fingerprint density at radius 1 is 0.927 bits per heavy atom. The number of carbonyl (C=O) groups is 2. The van der Waals surface area contributed by atoms with Gasteiger partial charge in [0.05, 0.1) is 24.8 Å². The molecule has 1 N–H and O–H groups in total. The Balaban J connectivity index is 2.09. The van der Waals surface area contributed by atoms with Crippen molar-refractivity contribution >= 4 is 39.1 Å². The van der Waals surface area contributed by atoms with Gasteiger partial charge in [0.15, 0.2) is 0 Å². The highest BCUT2D eigenvalue weighted by atomic mass is 35.5. The van der Waals surface area contributed by atoms with Gasteiger partial charge in [-0.2, -0.15) is 0 Å². The van der Waals surface area contributed by atoms with Crippen LogP contribution in [0.25, 0.3) is 0 Å². The van der Waals surface area contributed by atoms with Crippen LogP contribution in [0.4, 0.5) is 5.69 Å². The smallest absolute Gasteiger partial charge is 0.264 e. The van der Waals surface area contributed by atoms with E-state index in [-0.39, 0.29) is 28.8 Å². The summed E-state index contributed by atoms with van der Waals surface area (Å²) in [6, 6.07) is 18.4. The van der Waals surface area contributed by atoms with E-state index in [1.165, 1.54) is 43.4 Å². The van der Waals surface area contributed by atoms with Gasteiger partial charge in [-0.3, -0.25) is 13.9 Å². The Labute approximate surface area is 247 Å². The van der Waals surface area contributed by atoms with Crippen molar-refractivity contribution < 1.29 is 27.5 Å². The molecular formula is C30H36ClN3O6S. The number of para-hydroxylation sites is 2. The molecule has 0 spiro atoms. The zero-order chi connectivity index (χ0) is 30.4. The summed E-state index contributed by atoms with van der Waals surface area (Å²) >= 11 is 6.41. The normalized spacial score (nSPS) is 12.3. The summed E-state index contributed by atoms with van der Waals surface area (Å²) in [6.07, 6.45) is 0. The monoisotopic (exact) mass is 601 g/mol. The molecule has 0 unspecified atom stereocenters. The molecule has 0 bridgehead atoms. The number of carbonyl (C=O) groups excluding carboxylic acids is 2. The second kappa shape index (κ2) is 13.3. The fourth-order valence-corrected chi connectivity index (χ4v) is 5.71. The van der Waals surface area contributed by atoms with Crippen LogP contribution in [0.3, 0.4) is 0 Å². The molecule has 9 nitrogen and oxygen atoms in total. The molecule has 0 aliphatic heterocycles. The molecule has 0 saturated heterocycles. The zero-order valence-electron chi connectivity index (χ0n) is 24.0. The van der Waals surface area contributed by atoms with Crippen LogP contribution in [0.1, 0.15) is 33.3 Å². The number of ether oxygens (including phenoxy) is 2. The second-order valence-corrected chi connectivity index (χ2v) is 12.7. The molecule has 11 heteroatoms. The van der Waals surface area contributed by atoms with E-state index in [0.29, 0.717) is 16.3 Å². The van der Waals surface area contributed by atoms with Crippen molar-refractivity contribution in [2.75, 3.05) is 25.1 Å². The summed E-state index contributed by atoms with van der Waals surface area (Å²) in [5.41, 5.74) is 0.231.